The van der Waals surface area contributed by atoms with Gasteiger partial charge in [0, 0.05) is 26.2 Å². The summed E-state index contributed by atoms with van der Waals surface area (Å²) >= 11 is 0. The summed E-state index contributed by atoms with van der Waals surface area (Å²) in [4.78, 5) is 23.4. The molecule has 1 atom stereocenters. The molecule has 0 aromatic rings. The molecular weight excluding hydrogens is 286 g/mol. The molecule has 0 aromatic heterocycles. The fraction of sp³-hybridized carbons (Fsp3) is 0.867. The van der Waals surface area contributed by atoms with Crippen LogP contribution in [0.15, 0.2) is 0 Å². The third kappa shape index (κ3) is 12.3. The second-order valence-electron chi connectivity index (χ2n) is 6.60. The zero-order valence-corrected chi connectivity index (χ0v) is 14.6. The fourth-order valence-electron chi connectivity index (χ4n) is 1.78. The Morgan fingerprint density at radius 3 is 2.27 bits per heavy atom. The molecule has 3 amide bonds. The van der Waals surface area contributed by atoms with Gasteiger partial charge in [-0.1, -0.05) is 13.8 Å². The fourth-order valence-corrected chi connectivity index (χ4v) is 1.78. The van der Waals surface area contributed by atoms with Crippen LogP contribution < -0.4 is 16.0 Å². The second-order valence-corrected chi connectivity index (χ2v) is 6.60. The predicted octanol–water partition coefficient (Wildman–Crippen LogP) is 1.87. The number of methoxy groups -OCH3 is 1. The van der Waals surface area contributed by atoms with E-state index in [2.05, 4.69) is 29.8 Å². The van der Waals surface area contributed by atoms with Gasteiger partial charge in [-0.25, -0.2) is 9.59 Å². The van der Waals surface area contributed by atoms with Gasteiger partial charge in [-0.15, -0.1) is 0 Å². The average Bonchev–Trinajstić information content (AvgIpc) is 2.33. The molecule has 7 nitrogen and oxygen atoms in total. The summed E-state index contributed by atoms with van der Waals surface area (Å²) in [7, 11) is 1.57. The number of carbonyl (C=O) groups excluding carboxylic acids is 2. The third-order valence-electron chi connectivity index (χ3n) is 2.58. The Hall–Kier alpha value is -1.50. The molecule has 0 saturated heterocycles. The molecular formula is C15H31N3O4. The van der Waals surface area contributed by atoms with E-state index in [1.807, 2.05) is 20.8 Å². The smallest absolute Gasteiger partial charge is 0.407 e. The van der Waals surface area contributed by atoms with Gasteiger partial charge in [0.05, 0.1) is 6.61 Å². The highest BCUT2D eigenvalue weighted by Gasteiger charge is 2.20. The predicted molar refractivity (Wildman–Crippen MR) is 85.9 cm³/mol. The van der Waals surface area contributed by atoms with Gasteiger partial charge in [0.15, 0.2) is 0 Å². The van der Waals surface area contributed by atoms with Gasteiger partial charge in [-0.2, -0.15) is 0 Å². The number of alkyl carbamates (subject to hydrolysis) is 1. The third-order valence-corrected chi connectivity index (χ3v) is 2.58. The minimum absolute atomic E-state index is 0.178. The highest BCUT2D eigenvalue weighted by molar-refractivity contribution is 5.74. The number of hydrogen-bond donors (Lipinski definition) is 3. The summed E-state index contributed by atoms with van der Waals surface area (Å²) in [5.41, 5.74) is -0.544. The normalized spacial score (nSPS) is 12.7. The van der Waals surface area contributed by atoms with E-state index in [-0.39, 0.29) is 12.1 Å². The number of carbonyl (C=O) groups is 2. The first-order chi connectivity index (χ1) is 10.1. The van der Waals surface area contributed by atoms with E-state index in [1.165, 1.54) is 0 Å². The molecule has 0 aliphatic carbocycles. The second kappa shape index (κ2) is 10.3. The highest BCUT2D eigenvalue weighted by atomic mass is 16.6. The lowest BCUT2D eigenvalue weighted by Crippen LogP contribution is -2.48. The van der Waals surface area contributed by atoms with Gasteiger partial charge in [-0.3, -0.25) is 0 Å². The summed E-state index contributed by atoms with van der Waals surface area (Å²) in [5.74, 6) is 0.387. The SMILES string of the molecule is COCCNC(=O)NC[C@H](CC(C)C)NC(=O)OC(C)(C)C. The monoisotopic (exact) mass is 317 g/mol. The van der Waals surface area contributed by atoms with Crippen molar-refractivity contribution < 1.29 is 19.1 Å². The average molecular weight is 317 g/mol. The molecule has 0 spiro atoms. The zero-order chi connectivity index (χ0) is 17.2. The van der Waals surface area contributed by atoms with Crippen molar-refractivity contribution in [2.45, 2.75) is 52.7 Å². The molecule has 0 rings (SSSR count). The minimum Gasteiger partial charge on any atom is -0.444 e. The molecule has 0 heterocycles. The van der Waals surface area contributed by atoms with Crippen LogP contribution in [0.3, 0.4) is 0 Å². The molecule has 7 heteroatoms. The molecule has 3 N–H and O–H groups in total. The summed E-state index contributed by atoms with van der Waals surface area (Å²) < 4.78 is 10.1. The van der Waals surface area contributed by atoms with Gasteiger partial charge >= 0.3 is 12.1 Å². The maximum Gasteiger partial charge on any atom is 0.407 e. The van der Waals surface area contributed by atoms with Crippen molar-refractivity contribution in [3.8, 4) is 0 Å². The lowest BCUT2D eigenvalue weighted by molar-refractivity contribution is 0.0498. The van der Waals surface area contributed by atoms with Crippen molar-refractivity contribution >= 4 is 12.1 Å². The van der Waals surface area contributed by atoms with Crippen molar-refractivity contribution in [3.05, 3.63) is 0 Å². The number of amides is 3. The standard InChI is InChI=1S/C15H31N3O4/c1-11(2)9-12(18-14(20)22-15(3,4)5)10-17-13(19)16-7-8-21-6/h11-12H,7-10H2,1-6H3,(H,18,20)(H2,16,17,19)/t12-/m0/s1. The molecule has 0 unspecified atom stereocenters. The van der Waals surface area contributed by atoms with Crippen LogP contribution in [0.5, 0.6) is 0 Å². The van der Waals surface area contributed by atoms with Crippen LogP contribution in [-0.2, 0) is 9.47 Å². The van der Waals surface area contributed by atoms with Gasteiger partial charge in [0.1, 0.15) is 5.60 Å². The first-order valence-corrected chi connectivity index (χ1v) is 7.64. The Balaban J connectivity index is 4.28. The maximum absolute atomic E-state index is 11.8. The minimum atomic E-state index is -0.544. The van der Waals surface area contributed by atoms with E-state index >= 15 is 0 Å². The van der Waals surface area contributed by atoms with Crippen molar-refractivity contribution in [3.63, 3.8) is 0 Å². The molecule has 0 radical (unpaired) electrons. The molecule has 0 saturated carbocycles. The lowest BCUT2D eigenvalue weighted by atomic mass is 10.0. The van der Waals surface area contributed by atoms with E-state index in [9.17, 15) is 9.59 Å². The van der Waals surface area contributed by atoms with Crippen molar-refractivity contribution in [2.75, 3.05) is 26.8 Å². The first-order valence-electron chi connectivity index (χ1n) is 7.64. The Bertz CT molecular complexity index is 340. The van der Waals surface area contributed by atoms with Gasteiger partial charge in [-0.05, 0) is 33.1 Å². The van der Waals surface area contributed by atoms with Crippen LogP contribution >= 0.6 is 0 Å². The van der Waals surface area contributed by atoms with Crippen LogP contribution in [0.25, 0.3) is 0 Å². The molecule has 0 aliphatic rings. The number of ether oxygens (including phenoxy) is 2. The van der Waals surface area contributed by atoms with E-state index in [4.69, 9.17) is 9.47 Å². The van der Waals surface area contributed by atoms with E-state index in [1.54, 1.807) is 7.11 Å². The summed E-state index contributed by atoms with van der Waals surface area (Å²) in [5, 5.41) is 8.20. The highest BCUT2D eigenvalue weighted by Crippen LogP contribution is 2.09. The van der Waals surface area contributed by atoms with Crippen LogP contribution in [0.4, 0.5) is 9.59 Å². The summed E-state index contributed by atoms with van der Waals surface area (Å²) in [6, 6.07) is -0.459. The van der Waals surface area contributed by atoms with Crippen molar-refractivity contribution in [2.24, 2.45) is 5.92 Å². The van der Waals surface area contributed by atoms with E-state index < -0.39 is 11.7 Å². The largest absolute Gasteiger partial charge is 0.444 e. The number of rotatable bonds is 8. The molecule has 130 valence electrons. The van der Waals surface area contributed by atoms with Gasteiger partial charge < -0.3 is 25.4 Å². The molecule has 0 aromatic carbocycles. The Kier molecular flexibility index (Phi) is 9.56. The molecule has 22 heavy (non-hydrogen) atoms. The van der Waals surface area contributed by atoms with Gasteiger partial charge in [0.2, 0.25) is 0 Å². The van der Waals surface area contributed by atoms with Gasteiger partial charge in [0.25, 0.3) is 0 Å². The Morgan fingerprint density at radius 2 is 1.77 bits per heavy atom. The summed E-state index contributed by atoms with van der Waals surface area (Å²) in [6.45, 7) is 10.8. The Morgan fingerprint density at radius 1 is 1.14 bits per heavy atom. The Labute approximate surface area is 133 Å². The zero-order valence-electron chi connectivity index (χ0n) is 14.6. The van der Waals surface area contributed by atoms with E-state index in [0.717, 1.165) is 6.42 Å². The molecule has 0 bridgehead atoms. The van der Waals surface area contributed by atoms with E-state index in [0.29, 0.717) is 25.6 Å². The summed E-state index contributed by atoms with van der Waals surface area (Å²) in [6.07, 6.45) is 0.275. The quantitative estimate of drug-likeness (QED) is 0.596. The molecule has 0 aliphatic heterocycles. The van der Waals surface area contributed by atoms with Crippen molar-refractivity contribution in [1.29, 1.82) is 0 Å². The lowest BCUT2D eigenvalue weighted by Gasteiger charge is -2.25. The first kappa shape index (κ1) is 20.5. The van der Waals surface area contributed by atoms with Crippen LogP contribution in [0, 0.1) is 5.92 Å². The molecule has 0 fully saturated rings. The van der Waals surface area contributed by atoms with Crippen LogP contribution in [0.1, 0.15) is 41.0 Å². The van der Waals surface area contributed by atoms with Crippen LogP contribution in [0.2, 0.25) is 0 Å². The number of nitrogens with one attached hydrogen (secondary N) is 3. The van der Waals surface area contributed by atoms with Crippen LogP contribution in [-0.4, -0.2) is 50.6 Å². The van der Waals surface area contributed by atoms with Crippen molar-refractivity contribution in [1.82, 2.24) is 16.0 Å². The topological polar surface area (TPSA) is 88.7 Å². The maximum atomic E-state index is 11.8. The number of urea groups is 1. The number of hydrogen-bond acceptors (Lipinski definition) is 4.